The molecule has 0 spiro atoms. The van der Waals surface area contributed by atoms with Crippen LogP contribution >= 0.6 is 11.8 Å². The molecule has 26 heavy (non-hydrogen) atoms. The van der Waals surface area contributed by atoms with Crippen LogP contribution < -0.4 is 10.6 Å². The second-order valence-corrected chi connectivity index (χ2v) is 9.71. The summed E-state index contributed by atoms with van der Waals surface area (Å²) in [5, 5.41) is 13.3. The summed E-state index contributed by atoms with van der Waals surface area (Å²) in [5.41, 5.74) is -0.0742. The first-order chi connectivity index (χ1) is 12.6. The zero-order chi connectivity index (χ0) is 17.7. The summed E-state index contributed by atoms with van der Waals surface area (Å²) in [4.78, 5) is 28.9. The van der Waals surface area contributed by atoms with Gasteiger partial charge in [-0.05, 0) is 69.1 Å². The number of carbonyl (C=O) groups excluding carboxylic acids is 2. The van der Waals surface area contributed by atoms with Crippen LogP contribution in [0, 0.1) is 17.8 Å². The molecule has 0 unspecified atom stereocenters. The van der Waals surface area contributed by atoms with Crippen molar-refractivity contribution in [1.82, 2.24) is 25.8 Å². The zero-order valence-electron chi connectivity index (χ0n) is 14.8. The lowest BCUT2D eigenvalue weighted by Crippen LogP contribution is -2.61. The van der Waals surface area contributed by atoms with Crippen molar-refractivity contribution in [2.24, 2.45) is 17.8 Å². The van der Waals surface area contributed by atoms with Crippen molar-refractivity contribution in [3.05, 3.63) is 5.82 Å². The van der Waals surface area contributed by atoms with E-state index in [2.05, 4.69) is 25.8 Å². The van der Waals surface area contributed by atoms with Crippen LogP contribution in [0.1, 0.15) is 63.1 Å². The van der Waals surface area contributed by atoms with Crippen LogP contribution in [0.4, 0.5) is 4.79 Å². The summed E-state index contributed by atoms with van der Waals surface area (Å²) in [5.74, 6) is 3.56. The second-order valence-electron chi connectivity index (χ2n) is 8.77. The van der Waals surface area contributed by atoms with Crippen molar-refractivity contribution in [3.63, 3.8) is 0 Å². The van der Waals surface area contributed by atoms with Gasteiger partial charge >= 0.3 is 6.03 Å². The smallest absolute Gasteiger partial charge is 0.321 e. The Morgan fingerprint density at radius 3 is 2.38 bits per heavy atom. The summed E-state index contributed by atoms with van der Waals surface area (Å²) < 4.78 is 0. The molecule has 0 saturated heterocycles. The fraction of sp³-hybridized carbons (Fsp3) is 0.778. The van der Waals surface area contributed by atoms with E-state index in [4.69, 9.17) is 0 Å². The quantitative estimate of drug-likeness (QED) is 0.687. The lowest BCUT2D eigenvalue weighted by Gasteiger charge is -2.56. The van der Waals surface area contributed by atoms with Gasteiger partial charge in [-0.15, -0.1) is 5.10 Å². The van der Waals surface area contributed by atoms with Crippen LogP contribution in [0.2, 0.25) is 0 Å². The van der Waals surface area contributed by atoms with Crippen LogP contribution in [0.15, 0.2) is 5.16 Å². The fourth-order valence-electron chi connectivity index (χ4n) is 5.69. The summed E-state index contributed by atoms with van der Waals surface area (Å²) in [6.07, 6.45) is 9.55. The molecular formula is C18H25N5O2S. The van der Waals surface area contributed by atoms with Gasteiger partial charge in [0.2, 0.25) is 11.1 Å². The maximum atomic E-state index is 12.4. The SMILES string of the molecule is O=C(CSc1n[nH]c(C2CC2)n1)NC(=O)NC12CC3CC(CC(C3)C1)C2. The number of rotatable bonds is 5. The number of imide groups is 1. The van der Waals surface area contributed by atoms with E-state index in [0.717, 1.165) is 55.7 Å². The Morgan fingerprint density at radius 2 is 1.77 bits per heavy atom. The minimum atomic E-state index is -0.341. The zero-order valence-corrected chi connectivity index (χ0v) is 15.6. The largest absolute Gasteiger partial charge is 0.332 e. The average molecular weight is 375 g/mol. The van der Waals surface area contributed by atoms with Gasteiger partial charge < -0.3 is 5.32 Å². The monoisotopic (exact) mass is 375 g/mol. The van der Waals surface area contributed by atoms with Gasteiger partial charge in [-0.3, -0.25) is 15.2 Å². The van der Waals surface area contributed by atoms with Crippen molar-refractivity contribution in [1.29, 1.82) is 0 Å². The third-order valence-corrected chi connectivity index (χ3v) is 7.30. The Bertz CT molecular complexity index is 694. The van der Waals surface area contributed by atoms with E-state index in [1.54, 1.807) is 0 Å². The highest BCUT2D eigenvalue weighted by Gasteiger charge is 2.51. The molecule has 1 aromatic heterocycles. The predicted molar refractivity (Wildman–Crippen MR) is 96.7 cm³/mol. The Morgan fingerprint density at radius 1 is 1.12 bits per heavy atom. The van der Waals surface area contributed by atoms with E-state index in [1.165, 1.54) is 31.0 Å². The number of urea groups is 1. The lowest BCUT2D eigenvalue weighted by atomic mass is 9.53. The third kappa shape index (κ3) is 3.35. The minimum absolute atomic E-state index is 0.0742. The van der Waals surface area contributed by atoms with Crippen molar-refractivity contribution < 1.29 is 9.59 Å². The third-order valence-electron chi connectivity index (χ3n) is 6.45. The number of nitrogens with one attached hydrogen (secondary N) is 3. The molecule has 5 fully saturated rings. The van der Waals surface area contributed by atoms with Crippen molar-refractivity contribution in [3.8, 4) is 0 Å². The number of aromatic nitrogens is 3. The molecule has 8 heteroatoms. The van der Waals surface area contributed by atoms with Crippen LogP contribution in [-0.4, -0.2) is 38.4 Å². The standard InChI is InChI=1S/C18H25N5O2S/c24-14(9-26-17-20-15(22-23-17)13-1-2-13)19-16(25)21-18-6-10-3-11(7-18)5-12(4-10)8-18/h10-13H,1-9H2,(H,20,22,23)(H2,19,21,24,25). The highest BCUT2D eigenvalue weighted by atomic mass is 32.2. The first kappa shape index (κ1) is 16.6. The molecule has 140 valence electrons. The molecule has 1 aromatic rings. The van der Waals surface area contributed by atoms with Gasteiger partial charge in [-0.2, -0.15) is 0 Å². The molecule has 0 radical (unpaired) electrons. The average Bonchev–Trinajstić information content (AvgIpc) is 3.29. The molecule has 3 N–H and O–H groups in total. The highest BCUT2D eigenvalue weighted by Crippen LogP contribution is 2.55. The van der Waals surface area contributed by atoms with Gasteiger partial charge in [-0.25, -0.2) is 9.78 Å². The number of amides is 3. The molecule has 5 aliphatic carbocycles. The number of hydrogen-bond donors (Lipinski definition) is 3. The lowest BCUT2D eigenvalue weighted by molar-refractivity contribution is -0.117. The number of H-pyrrole nitrogens is 1. The Hall–Kier alpha value is -1.57. The van der Waals surface area contributed by atoms with Crippen molar-refractivity contribution in [2.75, 3.05) is 5.75 Å². The topological polar surface area (TPSA) is 99.8 Å². The molecule has 7 nitrogen and oxygen atoms in total. The molecule has 0 aromatic carbocycles. The predicted octanol–water partition coefficient (Wildman–Crippen LogP) is 2.57. The molecule has 3 amide bonds. The van der Waals surface area contributed by atoms with Crippen LogP contribution in [-0.2, 0) is 4.79 Å². The first-order valence-corrected chi connectivity index (χ1v) is 10.7. The maximum Gasteiger partial charge on any atom is 0.321 e. The number of carbonyl (C=O) groups is 2. The minimum Gasteiger partial charge on any atom is -0.332 e. The summed E-state index contributed by atoms with van der Waals surface area (Å²) >= 11 is 1.26. The highest BCUT2D eigenvalue weighted by molar-refractivity contribution is 7.99. The number of thioether (sulfide) groups is 1. The fourth-order valence-corrected chi connectivity index (χ4v) is 6.30. The summed E-state index contributed by atoms with van der Waals surface area (Å²) in [6.45, 7) is 0. The van der Waals surface area contributed by atoms with E-state index < -0.39 is 0 Å². The number of aromatic amines is 1. The van der Waals surface area contributed by atoms with Gasteiger partial charge in [0.15, 0.2) is 0 Å². The van der Waals surface area contributed by atoms with E-state index in [1.807, 2.05) is 0 Å². The molecule has 4 bridgehead atoms. The van der Waals surface area contributed by atoms with Crippen molar-refractivity contribution in [2.45, 2.75) is 68.0 Å². The molecular weight excluding hydrogens is 350 g/mol. The molecule has 5 saturated carbocycles. The summed E-state index contributed by atoms with van der Waals surface area (Å²) in [6, 6.07) is -0.341. The normalized spacial score (nSPS) is 34.7. The molecule has 6 rings (SSSR count). The maximum absolute atomic E-state index is 12.4. The Labute approximate surface area is 156 Å². The summed E-state index contributed by atoms with van der Waals surface area (Å²) in [7, 11) is 0. The van der Waals surface area contributed by atoms with E-state index in [-0.39, 0.29) is 23.2 Å². The Balaban J connectivity index is 1.11. The van der Waals surface area contributed by atoms with Gasteiger partial charge in [0.05, 0.1) is 5.75 Å². The van der Waals surface area contributed by atoms with Crippen molar-refractivity contribution >= 4 is 23.7 Å². The number of nitrogens with zero attached hydrogens (tertiary/aromatic N) is 2. The molecule has 5 aliphatic rings. The van der Waals surface area contributed by atoms with Gasteiger partial charge in [0.1, 0.15) is 5.82 Å². The first-order valence-electron chi connectivity index (χ1n) is 9.74. The van der Waals surface area contributed by atoms with Crippen LogP contribution in [0.3, 0.4) is 0 Å². The number of hydrogen-bond acceptors (Lipinski definition) is 5. The van der Waals surface area contributed by atoms with Gasteiger partial charge in [0.25, 0.3) is 0 Å². The van der Waals surface area contributed by atoms with Gasteiger partial charge in [-0.1, -0.05) is 11.8 Å². The van der Waals surface area contributed by atoms with E-state index >= 15 is 0 Å². The molecule has 1 heterocycles. The van der Waals surface area contributed by atoms with Crippen LogP contribution in [0.25, 0.3) is 0 Å². The van der Waals surface area contributed by atoms with Gasteiger partial charge in [0, 0.05) is 11.5 Å². The van der Waals surface area contributed by atoms with E-state index in [9.17, 15) is 9.59 Å². The molecule has 0 aliphatic heterocycles. The second kappa shape index (κ2) is 6.25. The van der Waals surface area contributed by atoms with E-state index in [0.29, 0.717) is 11.1 Å². The Kier molecular flexibility index (Phi) is 3.99. The van der Waals surface area contributed by atoms with Crippen LogP contribution in [0.5, 0.6) is 0 Å². The molecule has 0 atom stereocenters.